The van der Waals surface area contributed by atoms with Crippen LogP contribution in [-0.2, 0) is 17.8 Å². The van der Waals surface area contributed by atoms with Crippen LogP contribution in [0.5, 0.6) is 17.5 Å². The number of methoxy groups -OCH3 is 1. The highest BCUT2D eigenvalue weighted by atomic mass is 16.6. The average molecular weight is 359 g/mol. The van der Waals surface area contributed by atoms with Crippen molar-refractivity contribution in [2.75, 3.05) is 19.5 Å². The largest absolute Gasteiger partial charge is 0.496 e. The molecule has 1 amide bonds. The summed E-state index contributed by atoms with van der Waals surface area (Å²) in [5.74, 6) is 1.41. The molecule has 1 aliphatic heterocycles. The molecule has 0 fully saturated rings. The minimum Gasteiger partial charge on any atom is -0.496 e. The first-order valence-corrected chi connectivity index (χ1v) is 8.19. The first-order valence-electron chi connectivity index (χ1n) is 8.19. The highest BCUT2D eigenvalue weighted by Crippen LogP contribution is 2.35. The van der Waals surface area contributed by atoms with E-state index in [9.17, 15) is 4.79 Å². The molecule has 0 saturated heterocycles. The summed E-state index contributed by atoms with van der Waals surface area (Å²) < 4.78 is 16.4. The number of pyridine rings is 1. The molecule has 2 N–H and O–H groups in total. The zero-order valence-corrected chi connectivity index (χ0v) is 15.2. The van der Waals surface area contributed by atoms with E-state index in [0.717, 1.165) is 11.1 Å². The summed E-state index contributed by atoms with van der Waals surface area (Å²) in [7, 11) is 1.59. The first-order chi connectivity index (χ1) is 12.4. The smallest absolute Gasteiger partial charge is 0.410 e. The number of ether oxygens (including phenoxy) is 3. The van der Waals surface area contributed by atoms with Gasteiger partial charge >= 0.3 is 6.09 Å². The van der Waals surface area contributed by atoms with Crippen LogP contribution in [0.4, 0.5) is 10.7 Å². The van der Waals surface area contributed by atoms with E-state index in [1.165, 1.54) is 4.90 Å². The van der Waals surface area contributed by atoms with Crippen LogP contribution in [0.1, 0.15) is 29.3 Å². The molecule has 2 aromatic heterocycles. The lowest BCUT2D eigenvalue weighted by Crippen LogP contribution is -2.26. The lowest BCUT2D eigenvalue weighted by molar-refractivity contribution is 0.106. The second-order valence-corrected chi connectivity index (χ2v) is 5.87. The molecule has 3 heterocycles. The second-order valence-electron chi connectivity index (χ2n) is 5.87. The molecule has 9 nitrogen and oxygen atoms in total. The Kier molecular flexibility index (Phi) is 4.79. The van der Waals surface area contributed by atoms with Gasteiger partial charge in [0, 0.05) is 11.8 Å². The van der Waals surface area contributed by atoms with Crippen molar-refractivity contribution >= 4 is 12.0 Å². The van der Waals surface area contributed by atoms with Gasteiger partial charge in [0.2, 0.25) is 17.7 Å². The summed E-state index contributed by atoms with van der Waals surface area (Å²) in [6, 6.07) is 0. The number of nitrogens with two attached hydrogens (primary N) is 1. The minimum absolute atomic E-state index is 0.0705. The number of hydrogen-bond acceptors (Lipinski definition) is 8. The van der Waals surface area contributed by atoms with E-state index in [1.54, 1.807) is 20.2 Å². The van der Waals surface area contributed by atoms with E-state index in [0.29, 0.717) is 36.0 Å². The fourth-order valence-corrected chi connectivity index (χ4v) is 2.88. The number of amides is 1. The SMILES string of the molecule is CCOC(=O)N1Cc2nc(N)nc(Oc3ncc(C)c(OC)c3C)c2C1. The van der Waals surface area contributed by atoms with Crippen molar-refractivity contribution in [3.8, 4) is 17.5 Å². The topological polar surface area (TPSA) is 113 Å². The van der Waals surface area contributed by atoms with E-state index < -0.39 is 6.09 Å². The van der Waals surface area contributed by atoms with Gasteiger partial charge in [-0.15, -0.1) is 0 Å². The number of hydrogen-bond donors (Lipinski definition) is 1. The standard InChI is InChI=1S/C17H21N5O4/c1-5-25-17(23)22-7-11-12(8-22)20-16(18)21-15(11)26-14-10(3)13(24-4)9(2)6-19-14/h6H,5,7-8H2,1-4H3,(H2,18,20,21). The Morgan fingerprint density at radius 1 is 1.27 bits per heavy atom. The van der Waals surface area contributed by atoms with Crippen molar-refractivity contribution in [1.29, 1.82) is 0 Å². The van der Waals surface area contributed by atoms with Gasteiger partial charge in [-0.1, -0.05) is 0 Å². The van der Waals surface area contributed by atoms with E-state index in [1.807, 2.05) is 13.8 Å². The monoisotopic (exact) mass is 359 g/mol. The summed E-state index contributed by atoms with van der Waals surface area (Å²) in [5, 5.41) is 0. The van der Waals surface area contributed by atoms with Gasteiger partial charge in [0.1, 0.15) is 5.75 Å². The molecule has 1 aliphatic rings. The lowest BCUT2D eigenvalue weighted by Gasteiger charge is -2.15. The van der Waals surface area contributed by atoms with Crippen LogP contribution >= 0.6 is 0 Å². The van der Waals surface area contributed by atoms with E-state index in [4.69, 9.17) is 19.9 Å². The number of rotatable bonds is 4. The zero-order chi connectivity index (χ0) is 18.8. The third-order valence-electron chi connectivity index (χ3n) is 4.08. The highest BCUT2D eigenvalue weighted by molar-refractivity contribution is 5.69. The number of carbonyl (C=O) groups excluding carboxylic acids is 1. The molecule has 0 spiro atoms. The number of aromatic nitrogens is 3. The Balaban J connectivity index is 1.93. The van der Waals surface area contributed by atoms with Crippen LogP contribution in [-0.4, -0.2) is 39.7 Å². The van der Waals surface area contributed by atoms with E-state index >= 15 is 0 Å². The van der Waals surface area contributed by atoms with Crippen LogP contribution in [0.25, 0.3) is 0 Å². The molecule has 0 bridgehead atoms. The van der Waals surface area contributed by atoms with Gasteiger partial charge in [-0.05, 0) is 20.8 Å². The predicted octanol–water partition coefficient (Wildman–Crippen LogP) is 2.34. The molecule has 0 saturated carbocycles. The molecule has 0 atom stereocenters. The molecular formula is C17H21N5O4. The molecule has 0 radical (unpaired) electrons. The summed E-state index contributed by atoms with van der Waals surface area (Å²) in [6.07, 6.45) is 1.25. The molecule has 0 aliphatic carbocycles. The first kappa shape index (κ1) is 17.7. The van der Waals surface area contributed by atoms with Gasteiger partial charge in [0.25, 0.3) is 0 Å². The zero-order valence-electron chi connectivity index (χ0n) is 15.2. The lowest BCUT2D eigenvalue weighted by atomic mass is 10.2. The Morgan fingerprint density at radius 3 is 2.73 bits per heavy atom. The maximum atomic E-state index is 12.0. The quantitative estimate of drug-likeness (QED) is 0.885. The predicted molar refractivity (Wildman–Crippen MR) is 93.1 cm³/mol. The van der Waals surface area contributed by atoms with Crippen LogP contribution in [0.3, 0.4) is 0 Å². The van der Waals surface area contributed by atoms with Crippen molar-refractivity contribution < 1.29 is 19.0 Å². The van der Waals surface area contributed by atoms with Crippen molar-refractivity contribution in [2.24, 2.45) is 0 Å². The third kappa shape index (κ3) is 3.19. The summed E-state index contributed by atoms with van der Waals surface area (Å²) in [6.45, 7) is 6.39. The summed E-state index contributed by atoms with van der Waals surface area (Å²) in [4.78, 5) is 26.2. The maximum Gasteiger partial charge on any atom is 0.410 e. The van der Waals surface area contributed by atoms with Crippen molar-refractivity contribution in [3.63, 3.8) is 0 Å². The van der Waals surface area contributed by atoms with Gasteiger partial charge in [-0.3, -0.25) is 4.90 Å². The van der Waals surface area contributed by atoms with Gasteiger partial charge < -0.3 is 19.9 Å². The van der Waals surface area contributed by atoms with Gasteiger partial charge in [-0.25, -0.2) is 14.8 Å². The molecule has 0 aromatic carbocycles. The fraction of sp³-hybridized carbons (Fsp3) is 0.412. The van der Waals surface area contributed by atoms with Gasteiger partial charge in [0.05, 0.1) is 43.6 Å². The van der Waals surface area contributed by atoms with Gasteiger partial charge in [-0.2, -0.15) is 4.98 Å². The number of nitrogen functional groups attached to an aromatic ring is 1. The normalized spacial score (nSPS) is 12.7. The Hall–Kier alpha value is -3.10. The minimum atomic E-state index is -0.415. The molecule has 0 unspecified atom stereocenters. The maximum absolute atomic E-state index is 12.0. The van der Waals surface area contributed by atoms with E-state index in [-0.39, 0.29) is 18.4 Å². The number of aryl methyl sites for hydroxylation is 1. The number of anilines is 1. The van der Waals surface area contributed by atoms with Crippen LogP contribution < -0.4 is 15.2 Å². The average Bonchev–Trinajstić information content (AvgIpc) is 3.02. The Morgan fingerprint density at radius 2 is 2.04 bits per heavy atom. The molecule has 9 heteroatoms. The Bertz CT molecular complexity index is 856. The molecule has 3 rings (SSSR count). The molecule has 2 aromatic rings. The molecule has 26 heavy (non-hydrogen) atoms. The highest BCUT2D eigenvalue weighted by Gasteiger charge is 2.30. The van der Waals surface area contributed by atoms with Gasteiger partial charge in [0.15, 0.2) is 0 Å². The number of fused-ring (bicyclic) bond motifs is 1. The van der Waals surface area contributed by atoms with Crippen molar-refractivity contribution in [2.45, 2.75) is 33.9 Å². The van der Waals surface area contributed by atoms with Crippen LogP contribution in [0.2, 0.25) is 0 Å². The third-order valence-corrected chi connectivity index (χ3v) is 4.08. The van der Waals surface area contributed by atoms with Crippen LogP contribution in [0, 0.1) is 13.8 Å². The second kappa shape index (κ2) is 7.03. The molecule has 138 valence electrons. The fourth-order valence-electron chi connectivity index (χ4n) is 2.88. The summed E-state index contributed by atoms with van der Waals surface area (Å²) >= 11 is 0. The summed E-state index contributed by atoms with van der Waals surface area (Å²) in [5.41, 5.74) is 8.78. The number of carbonyl (C=O) groups is 1. The Labute approximate surface area is 151 Å². The van der Waals surface area contributed by atoms with Crippen LogP contribution in [0.15, 0.2) is 6.20 Å². The number of nitrogens with zero attached hydrogens (tertiary/aromatic N) is 4. The van der Waals surface area contributed by atoms with Crippen molar-refractivity contribution in [1.82, 2.24) is 19.9 Å². The van der Waals surface area contributed by atoms with E-state index in [2.05, 4.69) is 15.0 Å². The van der Waals surface area contributed by atoms with Crippen molar-refractivity contribution in [3.05, 3.63) is 28.6 Å². The molecular weight excluding hydrogens is 338 g/mol.